The molecule has 1 N–H and O–H groups in total. The van der Waals surface area contributed by atoms with Gasteiger partial charge in [-0.1, -0.05) is 13.3 Å². The van der Waals surface area contributed by atoms with E-state index >= 15 is 0 Å². The average Bonchev–Trinajstić information content (AvgIpc) is 3.17. The molecule has 2 amide bonds. The molecule has 25 heavy (non-hydrogen) atoms. The fourth-order valence-corrected chi connectivity index (χ4v) is 3.95. The largest absolute Gasteiger partial charge is 0.371 e. The average molecular weight is 347 g/mol. The van der Waals surface area contributed by atoms with Crippen LogP contribution in [0, 0.1) is 5.92 Å². The number of carbonyl (C=O) groups is 2. The fourth-order valence-electron chi connectivity index (χ4n) is 3.95. The maximum Gasteiger partial charge on any atom is 0.267 e. The van der Waals surface area contributed by atoms with E-state index in [2.05, 4.69) is 12.2 Å². The second-order valence-corrected chi connectivity index (χ2v) is 7.30. The lowest BCUT2D eigenvalue weighted by Gasteiger charge is -2.50. The molecule has 3 heterocycles. The van der Waals surface area contributed by atoms with Gasteiger partial charge < -0.3 is 19.5 Å². The number of hydrogen-bond acceptors (Lipinski definition) is 3. The molecule has 1 atom stereocenters. The van der Waals surface area contributed by atoms with Gasteiger partial charge in [-0.15, -0.1) is 0 Å². The van der Waals surface area contributed by atoms with Crippen LogP contribution in [-0.2, 0) is 16.6 Å². The Morgan fingerprint density at radius 2 is 2.20 bits per heavy atom. The van der Waals surface area contributed by atoms with Crippen molar-refractivity contribution in [2.24, 2.45) is 13.0 Å². The minimum absolute atomic E-state index is 0.0366. The minimum Gasteiger partial charge on any atom is -0.371 e. The molecule has 2 saturated heterocycles. The highest BCUT2D eigenvalue weighted by Crippen LogP contribution is 2.41. The summed E-state index contributed by atoms with van der Waals surface area (Å²) in [6.45, 7) is 4.93. The van der Waals surface area contributed by atoms with E-state index in [0.717, 1.165) is 32.3 Å². The number of aryl methyl sites for hydroxylation is 1. The van der Waals surface area contributed by atoms with E-state index in [-0.39, 0.29) is 17.4 Å². The maximum atomic E-state index is 12.2. The molecule has 1 spiro atoms. The van der Waals surface area contributed by atoms with Crippen LogP contribution in [0.4, 0.5) is 0 Å². The number of likely N-dealkylation sites (tertiary alicyclic amines) is 1. The lowest BCUT2D eigenvalue weighted by atomic mass is 9.78. The zero-order valence-corrected chi connectivity index (χ0v) is 15.3. The highest BCUT2D eigenvalue weighted by atomic mass is 16.5. The van der Waals surface area contributed by atoms with Crippen LogP contribution in [0.2, 0.25) is 0 Å². The molecule has 0 aliphatic carbocycles. The molecule has 6 heteroatoms. The van der Waals surface area contributed by atoms with E-state index < -0.39 is 0 Å². The number of aromatic nitrogens is 1. The normalized spacial score (nSPS) is 21.4. The number of nitrogens with one attached hydrogen (secondary N) is 1. The standard InChI is InChI=1S/C19H29N3O3/c1-3-4-7-17(23)22-13-19(14-22)15(9-12-25-19)8-10-20-18(24)16-6-5-11-21(16)2/h5-6,11,15H,3-4,7-10,12-14H2,1-2H3,(H,20,24). The van der Waals surface area contributed by atoms with E-state index in [1.165, 1.54) is 0 Å². The second kappa shape index (κ2) is 7.60. The first kappa shape index (κ1) is 18.0. The van der Waals surface area contributed by atoms with Gasteiger partial charge in [-0.2, -0.15) is 0 Å². The zero-order valence-electron chi connectivity index (χ0n) is 15.3. The van der Waals surface area contributed by atoms with Gasteiger partial charge in [0, 0.05) is 32.8 Å². The lowest BCUT2D eigenvalue weighted by molar-refractivity contribution is -0.165. The topological polar surface area (TPSA) is 63.6 Å². The Balaban J connectivity index is 1.45. The van der Waals surface area contributed by atoms with Gasteiger partial charge in [0.2, 0.25) is 5.91 Å². The van der Waals surface area contributed by atoms with Gasteiger partial charge in [0.05, 0.1) is 13.1 Å². The molecule has 3 rings (SSSR count). The van der Waals surface area contributed by atoms with Crippen molar-refractivity contribution in [2.75, 3.05) is 26.2 Å². The van der Waals surface area contributed by atoms with Crippen molar-refractivity contribution in [3.63, 3.8) is 0 Å². The molecular weight excluding hydrogens is 318 g/mol. The molecule has 6 nitrogen and oxygen atoms in total. The zero-order chi connectivity index (χ0) is 17.9. The maximum absolute atomic E-state index is 12.2. The smallest absolute Gasteiger partial charge is 0.267 e. The van der Waals surface area contributed by atoms with Gasteiger partial charge in [0.25, 0.3) is 5.91 Å². The first-order valence-corrected chi connectivity index (χ1v) is 9.37. The van der Waals surface area contributed by atoms with Gasteiger partial charge in [0.15, 0.2) is 0 Å². The Labute approximate surface area is 149 Å². The van der Waals surface area contributed by atoms with E-state index in [4.69, 9.17) is 4.74 Å². The number of amides is 2. The molecule has 0 saturated carbocycles. The lowest BCUT2D eigenvalue weighted by Crippen LogP contribution is -2.66. The third kappa shape index (κ3) is 3.73. The number of hydrogen-bond donors (Lipinski definition) is 1. The van der Waals surface area contributed by atoms with Gasteiger partial charge in [-0.05, 0) is 37.3 Å². The molecule has 2 fully saturated rings. The molecule has 1 unspecified atom stereocenters. The summed E-state index contributed by atoms with van der Waals surface area (Å²) in [7, 11) is 1.87. The summed E-state index contributed by atoms with van der Waals surface area (Å²) in [5.74, 6) is 0.626. The van der Waals surface area contributed by atoms with Crippen LogP contribution in [0.25, 0.3) is 0 Å². The van der Waals surface area contributed by atoms with E-state index in [1.54, 1.807) is 0 Å². The van der Waals surface area contributed by atoms with Crippen LogP contribution < -0.4 is 5.32 Å². The van der Waals surface area contributed by atoms with Crippen LogP contribution in [0.1, 0.15) is 49.5 Å². The molecular formula is C19H29N3O3. The second-order valence-electron chi connectivity index (χ2n) is 7.30. The number of ether oxygens (including phenoxy) is 1. The van der Waals surface area contributed by atoms with Crippen molar-refractivity contribution < 1.29 is 14.3 Å². The quantitative estimate of drug-likeness (QED) is 0.820. The van der Waals surface area contributed by atoms with E-state index in [9.17, 15) is 9.59 Å². The molecule has 138 valence electrons. The van der Waals surface area contributed by atoms with Crippen molar-refractivity contribution in [1.29, 1.82) is 0 Å². The first-order chi connectivity index (χ1) is 12.1. The first-order valence-electron chi connectivity index (χ1n) is 9.37. The Hall–Kier alpha value is -1.82. The van der Waals surface area contributed by atoms with Crippen LogP contribution in [-0.4, -0.2) is 53.1 Å². The number of nitrogens with zero attached hydrogens (tertiary/aromatic N) is 2. The Kier molecular flexibility index (Phi) is 5.47. The van der Waals surface area contributed by atoms with E-state index in [1.807, 2.05) is 34.8 Å². The predicted octanol–water partition coefficient (Wildman–Crippen LogP) is 1.95. The molecule has 1 aromatic rings. The van der Waals surface area contributed by atoms with Crippen molar-refractivity contribution in [2.45, 2.75) is 44.6 Å². The summed E-state index contributed by atoms with van der Waals surface area (Å²) >= 11 is 0. The number of carbonyl (C=O) groups excluding carboxylic acids is 2. The van der Waals surface area contributed by atoms with Gasteiger partial charge in [-0.3, -0.25) is 9.59 Å². The van der Waals surface area contributed by atoms with Gasteiger partial charge in [-0.25, -0.2) is 0 Å². The van der Waals surface area contributed by atoms with Gasteiger partial charge >= 0.3 is 0 Å². The molecule has 0 bridgehead atoms. The minimum atomic E-state index is -0.169. The molecule has 1 aromatic heterocycles. The van der Waals surface area contributed by atoms with Crippen LogP contribution in [0.3, 0.4) is 0 Å². The highest BCUT2D eigenvalue weighted by molar-refractivity contribution is 5.92. The summed E-state index contributed by atoms with van der Waals surface area (Å²) in [5, 5.41) is 3.00. The van der Waals surface area contributed by atoms with E-state index in [0.29, 0.717) is 37.7 Å². The summed E-state index contributed by atoms with van der Waals surface area (Å²) in [5.41, 5.74) is 0.506. The van der Waals surface area contributed by atoms with Crippen molar-refractivity contribution in [3.8, 4) is 0 Å². The molecule has 2 aliphatic heterocycles. The SMILES string of the molecule is CCCCC(=O)N1CC2(C1)OCCC2CCNC(=O)c1cccn1C. The van der Waals surface area contributed by atoms with Gasteiger partial charge in [0.1, 0.15) is 11.3 Å². The van der Waals surface area contributed by atoms with Crippen LogP contribution in [0.15, 0.2) is 18.3 Å². The Morgan fingerprint density at radius 1 is 1.40 bits per heavy atom. The Bertz CT molecular complexity index is 619. The monoisotopic (exact) mass is 347 g/mol. The van der Waals surface area contributed by atoms with Crippen molar-refractivity contribution in [1.82, 2.24) is 14.8 Å². The predicted molar refractivity (Wildman–Crippen MR) is 95.3 cm³/mol. The number of rotatable bonds is 7. The highest BCUT2D eigenvalue weighted by Gasteiger charge is 2.53. The third-order valence-corrected chi connectivity index (χ3v) is 5.57. The van der Waals surface area contributed by atoms with Crippen molar-refractivity contribution >= 4 is 11.8 Å². The number of unbranched alkanes of at least 4 members (excludes halogenated alkanes) is 1. The van der Waals surface area contributed by atoms with Crippen LogP contribution >= 0.6 is 0 Å². The molecule has 0 aromatic carbocycles. The summed E-state index contributed by atoms with van der Waals surface area (Å²) in [6.07, 6.45) is 6.42. The summed E-state index contributed by atoms with van der Waals surface area (Å²) < 4.78 is 7.83. The fraction of sp³-hybridized carbons (Fsp3) is 0.684. The molecule has 2 aliphatic rings. The summed E-state index contributed by atoms with van der Waals surface area (Å²) in [4.78, 5) is 26.2. The molecule has 0 radical (unpaired) electrons. The van der Waals surface area contributed by atoms with Crippen LogP contribution in [0.5, 0.6) is 0 Å². The van der Waals surface area contributed by atoms with Crippen molar-refractivity contribution in [3.05, 3.63) is 24.0 Å². The Morgan fingerprint density at radius 3 is 2.88 bits per heavy atom. The summed E-state index contributed by atoms with van der Waals surface area (Å²) in [6, 6.07) is 3.69. The third-order valence-electron chi connectivity index (χ3n) is 5.57.